The predicted molar refractivity (Wildman–Crippen MR) is 86.8 cm³/mol. The van der Waals surface area contributed by atoms with Crippen molar-refractivity contribution < 1.29 is 9.84 Å². The number of hydrogen-bond acceptors (Lipinski definition) is 4. The summed E-state index contributed by atoms with van der Waals surface area (Å²) in [5, 5.41) is 14.4. The molecule has 1 atom stereocenters. The van der Waals surface area contributed by atoms with Crippen LogP contribution in [0, 0.1) is 6.92 Å². The van der Waals surface area contributed by atoms with Gasteiger partial charge in [-0.2, -0.15) is 0 Å². The number of ether oxygens (including phenoxy) is 1. The molecule has 0 aliphatic rings. The van der Waals surface area contributed by atoms with Gasteiger partial charge in [-0.3, -0.25) is 4.98 Å². The van der Waals surface area contributed by atoms with Crippen molar-refractivity contribution in [1.82, 2.24) is 4.98 Å². The van der Waals surface area contributed by atoms with E-state index < -0.39 is 6.10 Å². The second-order valence-corrected chi connectivity index (χ2v) is 5.25. The summed E-state index contributed by atoms with van der Waals surface area (Å²) < 4.78 is 4.95. The number of anilines is 1. The first kappa shape index (κ1) is 15.7. The molecule has 0 bridgehead atoms. The first-order chi connectivity index (χ1) is 10.2. The lowest BCUT2D eigenvalue weighted by atomic mass is 10.0. The summed E-state index contributed by atoms with van der Waals surface area (Å²) in [6.45, 7) is 5.28. The summed E-state index contributed by atoms with van der Waals surface area (Å²) in [7, 11) is 1.60. The van der Waals surface area contributed by atoms with E-state index in [1.165, 1.54) is 5.56 Å². The smallest absolute Gasteiger partial charge is 0.0790 e. The van der Waals surface area contributed by atoms with Gasteiger partial charge in [0.15, 0.2) is 0 Å². The summed E-state index contributed by atoms with van der Waals surface area (Å²) in [5.41, 5.74) is 4.46. The second kappa shape index (κ2) is 7.38. The molecule has 1 unspecified atom stereocenters. The fraction of sp³-hybridized carbons (Fsp3) is 0.471. The molecular formula is C17H24N2O2. The number of benzene rings is 1. The quantitative estimate of drug-likeness (QED) is 0.822. The minimum absolute atomic E-state index is 0.373. The van der Waals surface area contributed by atoms with Gasteiger partial charge >= 0.3 is 0 Å². The number of aliphatic hydroxyl groups excluding tert-OH is 1. The van der Waals surface area contributed by atoms with Crippen LogP contribution < -0.4 is 5.32 Å². The van der Waals surface area contributed by atoms with Gasteiger partial charge in [0.2, 0.25) is 0 Å². The standard InChI is InChI=1S/C17H24N2O2/c1-4-14-12(2)19-16-8-6-5-7-15(16)17(14)18-10-9-13(20)11-21-3/h5-8,13,20H,4,9-11H2,1-3H3,(H,18,19). The Hall–Kier alpha value is -1.65. The Labute approximate surface area is 126 Å². The summed E-state index contributed by atoms with van der Waals surface area (Å²) in [5.74, 6) is 0. The molecular weight excluding hydrogens is 264 g/mol. The molecule has 2 aromatic rings. The number of fused-ring (bicyclic) bond motifs is 1. The third-order valence-electron chi connectivity index (χ3n) is 3.69. The Morgan fingerprint density at radius 2 is 2.10 bits per heavy atom. The first-order valence-corrected chi connectivity index (χ1v) is 7.46. The second-order valence-electron chi connectivity index (χ2n) is 5.25. The maximum atomic E-state index is 9.74. The predicted octanol–water partition coefficient (Wildman–Crippen LogP) is 2.91. The third-order valence-corrected chi connectivity index (χ3v) is 3.69. The normalized spacial score (nSPS) is 12.6. The molecule has 0 saturated carbocycles. The number of rotatable bonds is 7. The van der Waals surface area contributed by atoms with Crippen molar-refractivity contribution in [1.29, 1.82) is 0 Å². The van der Waals surface area contributed by atoms with Crippen LogP contribution in [0.15, 0.2) is 24.3 Å². The van der Waals surface area contributed by atoms with Crippen LogP contribution in [0.5, 0.6) is 0 Å². The minimum atomic E-state index is -0.429. The van der Waals surface area contributed by atoms with E-state index in [0.717, 1.165) is 28.7 Å². The highest BCUT2D eigenvalue weighted by Crippen LogP contribution is 2.28. The summed E-state index contributed by atoms with van der Waals surface area (Å²) in [6.07, 6.45) is 1.17. The third kappa shape index (κ3) is 3.71. The zero-order chi connectivity index (χ0) is 15.2. The van der Waals surface area contributed by atoms with Gasteiger partial charge in [0, 0.05) is 30.4 Å². The summed E-state index contributed by atoms with van der Waals surface area (Å²) in [6, 6.07) is 8.16. The van der Waals surface area contributed by atoms with Gasteiger partial charge in [-0.05, 0) is 31.4 Å². The highest BCUT2D eigenvalue weighted by molar-refractivity contribution is 5.93. The Balaban J connectivity index is 2.24. The van der Waals surface area contributed by atoms with Gasteiger partial charge in [-0.15, -0.1) is 0 Å². The Bertz CT molecular complexity index is 599. The topological polar surface area (TPSA) is 54.4 Å². The molecule has 4 nitrogen and oxygen atoms in total. The van der Waals surface area contributed by atoms with Gasteiger partial charge < -0.3 is 15.2 Å². The van der Waals surface area contributed by atoms with Crippen molar-refractivity contribution >= 4 is 16.6 Å². The van der Waals surface area contributed by atoms with Crippen LogP contribution in [0.4, 0.5) is 5.69 Å². The number of hydrogen-bond donors (Lipinski definition) is 2. The number of aliphatic hydroxyl groups is 1. The SMILES string of the molecule is CCc1c(C)nc2ccccc2c1NCCC(O)COC. The fourth-order valence-electron chi connectivity index (χ4n) is 2.65. The monoisotopic (exact) mass is 288 g/mol. The zero-order valence-corrected chi connectivity index (χ0v) is 13.0. The molecule has 4 heteroatoms. The van der Waals surface area contributed by atoms with Crippen molar-refractivity contribution in [3.05, 3.63) is 35.5 Å². The zero-order valence-electron chi connectivity index (χ0n) is 13.0. The highest BCUT2D eigenvalue weighted by Gasteiger charge is 2.11. The number of aryl methyl sites for hydroxylation is 1. The van der Waals surface area contributed by atoms with E-state index in [1.54, 1.807) is 7.11 Å². The number of nitrogens with one attached hydrogen (secondary N) is 1. The van der Waals surface area contributed by atoms with E-state index in [0.29, 0.717) is 19.6 Å². The summed E-state index contributed by atoms with van der Waals surface area (Å²) >= 11 is 0. The van der Waals surface area contributed by atoms with E-state index in [1.807, 2.05) is 18.2 Å². The van der Waals surface area contributed by atoms with Crippen LogP contribution in [0.2, 0.25) is 0 Å². The molecule has 0 amide bonds. The molecule has 2 rings (SSSR count). The average Bonchev–Trinajstić information content (AvgIpc) is 2.47. The number of para-hydroxylation sites is 1. The lowest BCUT2D eigenvalue weighted by Crippen LogP contribution is -2.19. The molecule has 0 aliphatic carbocycles. The molecule has 0 saturated heterocycles. The average molecular weight is 288 g/mol. The molecule has 1 heterocycles. The highest BCUT2D eigenvalue weighted by atomic mass is 16.5. The van der Waals surface area contributed by atoms with Crippen molar-refractivity contribution in [2.24, 2.45) is 0 Å². The lowest BCUT2D eigenvalue weighted by Gasteiger charge is -2.17. The van der Waals surface area contributed by atoms with Crippen LogP contribution in [0.1, 0.15) is 24.6 Å². The van der Waals surface area contributed by atoms with Crippen LogP contribution in [-0.4, -0.2) is 36.5 Å². The largest absolute Gasteiger partial charge is 0.391 e. The van der Waals surface area contributed by atoms with E-state index in [-0.39, 0.29) is 0 Å². The maximum absolute atomic E-state index is 9.74. The molecule has 114 valence electrons. The fourth-order valence-corrected chi connectivity index (χ4v) is 2.65. The lowest BCUT2D eigenvalue weighted by molar-refractivity contribution is 0.0615. The molecule has 0 aliphatic heterocycles. The van der Waals surface area contributed by atoms with Gasteiger partial charge in [0.05, 0.1) is 18.2 Å². The number of nitrogens with zero attached hydrogens (tertiary/aromatic N) is 1. The van der Waals surface area contributed by atoms with Gasteiger partial charge in [-0.1, -0.05) is 25.1 Å². The van der Waals surface area contributed by atoms with Crippen molar-refractivity contribution in [3.8, 4) is 0 Å². The van der Waals surface area contributed by atoms with E-state index >= 15 is 0 Å². The number of aromatic nitrogens is 1. The summed E-state index contributed by atoms with van der Waals surface area (Å²) in [4.78, 5) is 4.67. The Kier molecular flexibility index (Phi) is 5.53. The molecule has 0 radical (unpaired) electrons. The van der Waals surface area contributed by atoms with Gasteiger partial charge in [-0.25, -0.2) is 0 Å². The van der Waals surface area contributed by atoms with Crippen LogP contribution in [0.3, 0.4) is 0 Å². The molecule has 21 heavy (non-hydrogen) atoms. The molecule has 1 aromatic carbocycles. The van der Waals surface area contributed by atoms with Crippen LogP contribution in [0.25, 0.3) is 10.9 Å². The van der Waals surface area contributed by atoms with Crippen molar-refractivity contribution in [2.45, 2.75) is 32.8 Å². The van der Waals surface area contributed by atoms with E-state index in [4.69, 9.17) is 4.74 Å². The minimum Gasteiger partial charge on any atom is -0.391 e. The van der Waals surface area contributed by atoms with Gasteiger partial charge in [0.25, 0.3) is 0 Å². The Morgan fingerprint density at radius 3 is 2.81 bits per heavy atom. The molecule has 0 spiro atoms. The number of pyridine rings is 1. The molecule has 0 fully saturated rings. The Morgan fingerprint density at radius 1 is 1.33 bits per heavy atom. The van der Waals surface area contributed by atoms with Crippen molar-refractivity contribution in [2.75, 3.05) is 25.6 Å². The first-order valence-electron chi connectivity index (χ1n) is 7.46. The van der Waals surface area contributed by atoms with Crippen LogP contribution in [-0.2, 0) is 11.2 Å². The van der Waals surface area contributed by atoms with Gasteiger partial charge in [0.1, 0.15) is 0 Å². The van der Waals surface area contributed by atoms with E-state index in [2.05, 4.69) is 30.2 Å². The molecule has 2 N–H and O–H groups in total. The maximum Gasteiger partial charge on any atom is 0.0790 e. The molecule has 1 aromatic heterocycles. The number of methoxy groups -OCH3 is 1. The van der Waals surface area contributed by atoms with E-state index in [9.17, 15) is 5.11 Å². The van der Waals surface area contributed by atoms with Crippen LogP contribution >= 0.6 is 0 Å². The van der Waals surface area contributed by atoms with Crippen molar-refractivity contribution in [3.63, 3.8) is 0 Å².